The van der Waals surface area contributed by atoms with Crippen LogP contribution in [0.1, 0.15) is 38.2 Å². The van der Waals surface area contributed by atoms with Crippen LogP contribution in [-0.2, 0) is 16.0 Å². The zero-order chi connectivity index (χ0) is 18.9. The molecule has 1 aliphatic rings. The summed E-state index contributed by atoms with van der Waals surface area (Å²) in [6.07, 6.45) is 4.36. The van der Waals surface area contributed by atoms with Crippen LogP contribution < -0.4 is 15.4 Å². The second kappa shape index (κ2) is 10.2. The lowest BCUT2D eigenvalue weighted by Crippen LogP contribution is -2.42. The van der Waals surface area contributed by atoms with Crippen LogP contribution >= 0.6 is 0 Å². The Morgan fingerprint density at radius 3 is 2.73 bits per heavy atom. The predicted octanol–water partition coefficient (Wildman–Crippen LogP) is 1.73. The molecule has 0 saturated carbocycles. The number of amides is 2. The zero-order valence-electron chi connectivity index (χ0n) is 16.1. The largest absolute Gasteiger partial charge is 0.497 e. The SMILES string of the molecule is COc1cccc(CCCNC(=O)C[C@@H]2CC[C@H](CNC(C)=O)N2C)c1. The van der Waals surface area contributed by atoms with Crippen molar-refractivity contribution >= 4 is 11.8 Å². The summed E-state index contributed by atoms with van der Waals surface area (Å²) in [5, 5.41) is 5.89. The third-order valence-corrected chi connectivity index (χ3v) is 5.09. The summed E-state index contributed by atoms with van der Waals surface area (Å²) in [6, 6.07) is 8.61. The number of ether oxygens (including phenoxy) is 1. The molecule has 144 valence electrons. The molecular formula is C20H31N3O3. The summed E-state index contributed by atoms with van der Waals surface area (Å²) < 4.78 is 5.23. The highest BCUT2D eigenvalue weighted by Gasteiger charge is 2.31. The van der Waals surface area contributed by atoms with Gasteiger partial charge in [0.15, 0.2) is 0 Å². The van der Waals surface area contributed by atoms with Gasteiger partial charge in [-0.3, -0.25) is 14.5 Å². The standard InChI is InChI=1S/C20H31N3O3/c1-15(24)22-14-18-10-9-17(23(18)2)13-20(25)21-11-5-7-16-6-4-8-19(12-16)26-3/h4,6,8,12,17-18H,5,7,9-11,13-14H2,1-3H3,(H,21,25)(H,22,24)/t17-,18+/m0/s1. The van der Waals surface area contributed by atoms with Crippen molar-refractivity contribution < 1.29 is 14.3 Å². The maximum atomic E-state index is 12.2. The first kappa shape index (κ1) is 20.2. The Kier molecular flexibility index (Phi) is 7.91. The summed E-state index contributed by atoms with van der Waals surface area (Å²) in [4.78, 5) is 25.5. The molecule has 0 spiro atoms. The lowest BCUT2D eigenvalue weighted by Gasteiger charge is -2.25. The molecular weight excluding hydrogens is 330 g/mol. The molecule has 1 aliphatic heterocycles. The molecule has 2 rings (SSSR count). The number of nitrogens with one attached hydrogen (secondary N) is 2. The molecule has 6 nitrogen and oxygen atoms in total. The van der Waals surface area contributed by atoms with Crippen LogP contribution in [0.25, 0.3) is 0 Å². The van der Waals surface area contributed by atoms with Crippen molar-refractivity contribution in [2.75, 3.05) is 27.2 Å². The minimum atomic E-state index is -0.00405. The van der Waals surface area contributed by atoms with E-state index in [2.05, 4.69) is 21.6 Å². The number of aryl methyl sites for hydroxylation is 1. The van der Waals surface area contributed by atoms with Gasteiger partial charge in [0.1, 0.15) is 5.75 Å². The van der Waals surface area contributed by atoms with Crippen molar-refractivity contribution in [2.24, 2.45) is 0 Å². The number of carbonyl (C=O) groups is 2. The van der Waals surface area contributed by atoms with Gasteiger partial charge < -0.3 is 15.4 Å². The molecule has 2 amide bonds. The molecule has 0 aromatic heterocycles. The van der Waals surface area contributed by atoms with Gasteiger partial charge >= 0.3 is 0 Å². The highest BCUT2D eigenvalue weighted by atomic mass is 16.5. The van der Waals surface area contributed by atoms with Crippen molar-refractivity contribution in [3.63, 3.8) is 0 Å². The van der Waals surface area contributed by atoms with E-state index in [1.807, 2.05) is 25.2 Å². The van der Waals surface area contributed by atoms with E-state index in [1.54, 1.807) is 7.11 Å². The van der Waals surface area contributed by atoms with Crippen LogP contribution in [0.4, 0.5) is 0 Å². The van der Waals surface area contributed by atoms with E-state index < -0.39 is 0 Å². The fourth-order valence-electron chi connectivity index (χ4n) is 3.48. The Bertz CT molecular complexity index is 606. The molecule has 0 radical (unpaired) electrons. The van der Waals surface area contributed by atoms with Gasteiger partial charge in [-0.2, -0.15) is 0 Å². The molecule has 1 heterocycles. The quantitative estimate of drug-likeness (QED) is 0.657. The molecule has 6 heteroatoms. The number of benzene rings is 1. The number of hydrogen-bond acceptors (Lipinski definition) is 4. The summed E-state index contributed by atoms with van der Waals surface area (Å²) in [7, 11) is 3.71. The first-order valence-corrected chi connectivity index (χ1v) is 9.35. The Labute approximate surface area is 156 Å². The second-order valence-electron chi connectivity index (χ2n) is 7.00. The third kappa shape index (κ3) is 6.33. The number of methoxy groups -OCH3 is 1. The number of nitrogens with zero attached hydrogens (tertiary/aromatic N) is 1. The number of likely N-dealkylation sites (tertiary alicyclic amines) is 1. The topological polar surface area (TPSA) is 70.7 Å². The van der Waals surface area contributed by atoms with Crippen LogP contribution in [0.15, 0.2) is 24.3 Å². The number of likely N-dealkylation sites (N-methyl/N-ethyl adjacent to an activating group) is 1. The molecule has 26 heavy (non-hydrogen) atoms. The second-order valence-corrected chi connectivity index (χ2v) is 7.00. The Balaban J connectivity index is 1.65. The highest BCUT2D eigenvalue weighted by molar-refractivity contribution is 5.76. The molecule has 0 unspecified atom stereocenters. The summed E-state index contributed by atoms with van der Waals surface area (Å²) >= 11 is 0. The predicted molar refractivity (Wildman–Crippen MR) is 102 cm³/mol. The van der Waals surface area contributed by atoms with Crippen LogP contribution in [-0.4, -0.2) is 56.0 Å². The molecule has 1 fully saturated rings. The first-order valence-electron chi connectivity index (χ1n) is 9.35. The van der Waals surface area contributed by atoms with Gasteiger partial charge in [-0.15, -0.1) is 0 Å². The van der Waals surface area contributed by atoms with E-state index in [0.717, 1.165) is 31.4 Å². The van der Waals surface area contributed by atoms with E-state index in [4.69, 9.17) is 4.74 Å². The Hall–Kier alpha value is -2.08. The molecule has 1 aromatic rings. The maximum absolute atomic E-state index is 12.2. The van der Waals surface area contributed by atoms with Crippen LogP contribution in [0, 0.1) is 0 Å². The Morgan fingerprint density at radius 2 is 2.00 bits per heavy atom. The lowest BCUT2D eigenvalue weighted by atomic mass is 10.1. The zero-order valence-corrected chi connectivity index (χ0v) is 16.1. The monoisotopic (exact) mass is 361 g/mol. The number of carbonyl (C=O) groups excluding carboxylic acids is 2. The van der Waals surface area contributed by atoms with Gasteiger partial charge in [0.2, 0.25) is 11.8 Å². The minimum Gasteiger partial charge on any atom is -0.497 e. The van der Waals surface area contributed by atoms with Gasteiger partial charge in [0.05, 0.1) is 7.11 Å². The Morgan fingerprint density at radius 1 is 1.23 bits per heavy atom. The lowest BCUT2D eigenvalue weighted by molar-refractivity contribution is -0.122. The number of rotatable bonds is 9. The van der Waals surface area contributed by atoms with Gasteiger partial charge in [0.25, 0.3) is 0 Å². The van der Waals surface area contributed by atoms with Crippen LogP contribution in [0.5, 0.6) is 5.75 Å². The van der Waals surface area contributed by atoms with Crippen molar-refractivity contribution in [3.05, 3.63) is 29.8 Å². The van der Waals surface area contributed by atoms with E-state index >= 15 is 0 Å². The summed E-state index contributed by atoms with van der Waals surface area (Å²) in [5.41, 5.74) is 1.22. The van der Waals surface area contributed by atoms with Crippen molar-refractivity contribution in [3.8, 4) is 5.75 Å². The molecule has 2 atom stereocenters. The maximum Gasteiger partial charge on any atom is 0.221 e. The molecule has 1 aromatic carbocycles. The third-order valence-electron chi connectivity index (χ3n) is 5.09. The average Bonchev–Trinajstić information content (AvgIpc) is 2.97. The van der Waals surface area contributed by atoms with Crippen molar-refractivity contribution in [1.82, 2.24) is 15.5 Å². The normalized spacial score (nSPS) is 20.0. The summed E-state index contributed by atoms with van der Waals surface area (Å²) in [5.74, 6) is 0.966. The fourth-order valence-corrected chi connectivity index (χ4v) is 3.48. The van der Waals surface area contributed by atoms with Crippen molar-refractivity contribution in [1.29, 1.82) is 0 Å². The van der Waals surface area contributed by atoms with Crippen LogP contribution in [0.2, 0.25) is 0 Å². The van der Waals surface area contributed by atoms with E-state index in [1.165, 1.54) is 12.5 Å². The van der Waals surface area contributed by atoms with Gasteiger partial charge in [0, 0.05) is 38.5 Å². The summed E-state index contributed by atoms with van der Waals surface area (Å²) in [6.45, 7) is 2.87. The number of hydrogen-bond donors (Lipinski definition) is 2. The van der Waals surface area contributed by atoms with E-state index in [9.17, 15) is 9.59 Å². The molecule has 0 bridgehead atoms. The van der Waals surface area contributed by atoms with E-state index in [0.29, 0.717) is 25.6 Å². The highest BCUT2D eigenvalue weighted by Crippen LogP contribution is 2.24. The van der Waals surface area contributed by atoms with E-state index in [-0.39, 0.29) is 17.9 Å². The smallest absolute Gasteiger partial charge is 0.221 e. The fraction of sp³-hybridized carbons (Fsp3) is 0.600. The first-order chi connectivity index (χ1) is 12.5. The minimum absolute atomic E-state index is 0.00405. The molecule has 2 N–H and O–H groups in total. The van der Waals surface area contributed by atoms with Crippen molar-refractivity contribution in [2.45, 2.75) is 51.1 Å². The van der Waals surface area contributed by atoms with Gasteiger partial charge in [-0.25, -0.2) is 0 Å². The van der Waals surface area contributed by atoms with Gasteiger partial charge in [-0.05, 0) is 50.4 Å². The average molecular weight is 361 g/mol. The molecule has 1 saturated heterocycles. The molecule has 0 aliphatic carbocycles. The van der Waals surface area contributed by atoms with Crippen LogP contribution in [0.3, 0.4) is 0 Å². The van der Waals surface area contributed by atoms with Gasteiger partial charge in [-0.1, -0.05) is 12.1 Å².